The van der Waals surface area contributed by atoms with E-state index in [1.807, 2.05) is 26.0 Å². The van der Waals surface area contributed by atoms with Crippen LogP contribution in [0, 0.1) is 0 Å². The smallest absolute Gasteiger partial charge is 0.259 e. The molecule has 0 saturated carbocycles. The van der Waals surface area contributed by atoms with E-state index in [1.165, 1.54) is 0 Å². The highest BCUT2D eigenvalue weighted by atomic mass is 35.5. The summed E-state index contributed by atoms with van der Waals surface area (Å²) in [6, 6.07) is 6.98. The van der Waals surface area contributed by atoms with Crippen LogP contribution in [0.2, 0.25) is 5.02 Å². The summed E-state index contributed by atoms with van der Waals surface area (Å²) >= 11 is 6.19. The van der Waals surface area contributed by atoms with Crippen molar-refractivity contribution in [2.45, 2.75) is 51.6 Å². The van der Waals surface area contributed by atoms with Gasteiger partial charge in [0.1, 0.15) is 0 Å². The lowest BCUT2D eigenvalue weighted by atomic mass is 9.93. The van der Waals surface area contributed by atoms with Crippen LogP contribution in [0.25, 0.3) is 0 Å². The average Bonchev–Trinajstić information content (AvgIpc) is 2.93. The Kier molecular flexibility index (Phi) is 5.41. The Bertz CT molecular complexity index is 1100. The SMILES string of the molecule is CCS(=O)(=O)N1CCCCC1c1cncc(N2C(=O)c3ccc(Cl)cc3C2(C)C)c1. The normalized spacial score (nSPS) is 21.7. The van der Waals surface area contributed by atoms with Gasteiger partial charge in [0.2, 0.25) is 10.0 Å². The number of halogens is 1. The number of sulfonamides is 1. The summed E-state index contributed by atoms with van der Waals surface area (Å²) in [5, 5.41) is 0.589. The number of fused-ring (bicyclic) bond motifs is 1. The van der Waals surface area contributed by atoms with Gasteiger partial charge in [0.25, 0.3) is 5.91 Å². The Labute approximate surface area is 182 Å². The Morgan fingerprint density at radius 1 is 1.20 bits per heavy atom. The molecule has 0 bridgehead atoms. The molecular weight excluding hydrogens is 422 g/mol. The summed E-state index contributed by atoms with van der Waals surface area (Å²) in [4.78, 5) is 19.3. The Balaban J connectivity index is 1.75. The molecule has 2 aromatic rings. The minimum absolute atomic E-state index is 0.0737. The minimum Gasteiger partial charge on any atom is -0.297 e. The van der Waals surface area contributed by atoms with Crippen LogP contribution >= 0.6 is 11.6 Å². The molecule has 1 atom stereocenters. The van der Waals surface area contributed by atoms with E-state index in [4.69, 9.17) is 11.6 Å². The molecule has 1 amide bonds. The zero-order chi connectivity index (χ0) is 21.7. The van der Waals surface area contributed by atoms with Crippen molar-refractivity contribution in [2.24, 2.45) is 0 Å². The number of anilines is 1. The highest BCUT2D eigenvalue weighted by Crippen LogP contribution is 2.43. The molecule has 2 aliphatic heterocycles. The molecule has 1 saturated heterocycles. The van der Waals surface area contributed by atoms with Crippen LogP contribution in [0.3, 0.4) is 0 Å². The Morgan fingerprint density at radius 3 is 2.70 bits per heavy atom. The Morgan fingerprint density at radius 2 is 1.97 bits per heavy atom. The largest absolute Gasteiger partial charge is 0.297 e. The Hall–Kier alpha value is -1.96. The van der Waals surface area contributed by atoms with Crippen molar-refractivity contribution in [3.63, 3.8) is 0 Å². The van der Waals surface area contributed by atoms with Gasteiger partial charge in [0, 0.05) is 23.3 Å². The third-order valence-electron chi connectivity index (χ3n) is 6.20. The summed E-state index contributed by atoms with van der Waals surface area (Å²) in [5.74, 6) is -0.0306. The van der Waals surface area contributed by atoms with Gasteiger partial charge in [-0.1, -0.05) is 18.0 Å². The number of aromatic nitrogens is 1. The molecule has 1 unspecified atom stereocenters. The van der Waals surface area contributed by atoms with Crippen molar-refractivity contribution in [3.8, 4) is 0 Å². The second-order valence-corrected chi connectivity index (χ2v) is 11.0. The second-order valence-electron chi connectivity index (χ2n) is 8.39. The first-order valence-corrected chi connectivity index (χ1v) is 12.2. The van der Waals surface area contributed by atoms with Crippen molar-refractivity contribution in [1.82, 2.24) is 9.29 Å². The summed E-state index contributed by atoms with van der Waals surface area (Å²) in [6.45, 7) is 6.15. The maximum atomic E-state index is 13.2. The molecule has 0 N–H and O–H groups in total. The number of hydrogen-bond donors (Lipinski definition) is 0. The maximum Gasteiger partial charge on any atom is 0.259 e. The van der Waals surface area contributed by atoms with Gasteiger partial charge in [-0.15, -0.1) is 0 Å². The molecule has 4 rings (SSSR count). The topological polar surface area (TPSA) is 70.6 Å². The lowest BCUT2D eigenvalue weighted by Crippen LogP contribution is -2.40. The van der Waals surface area contributed by atoms with E-state index in [-0.39, 0.29) is 17.7 Å². The van der Waals surface area contributed by atoms with Crippen LogP contribution in [-0.4, -0.2) is 35.9 Å². The highest BCUT2D eigenvalue weighted by Gasteiger charge is 2.44. The van der Waals surface area contributed by atoms with E-state index in [0.717, 1.165) is 30.4 Å². The van der Waals surface area contributed by atoms with Crippen LogP contribution in [0.5, 0.6) is 0 Å². The van der Waals surface area contributed by atoms with Crippen LogP contribution in [0.1, 0.15) is 67.6 Å². The first-order chi connectivity index (χ1) is 14.2. The first-order valence-electron chi connectivity index (χ1n) is 10.3. The molecule has 8 heteroatoms. The molecule has 0 spiro atoms. The van der Waals surface area contributed by atoms with Crippen molar-refractivity contribution in [3.05, 3.63) is 58.4 Å². The molecule has 2 aliphatic rings. The van der Waals surface area contributed by atoms with E-state index in [9.17, 15) is 13.2 Å². The van der Waals surface area contributed by atoms with Crippen LogP contribution in [0.4, 0.5) is 5.69 Å². The van der Waals surface area contributed by atoms with Gasteiger partial charge in [-0.05, 0) is 69.0 Å². The number of benzene rings is 1. The molecule has 30 heavy (non-hydrogen) atoms. The predicted molar refractivity (Wildman–Crippen MR) is 118 cm³/mol. The van der Waals surface area contributed by atoms with Gasteiger partial charge in [-0.2, -0.15) is 4.31 Å². The van der Waals surface area contributed by atoms with Crippen molar-refractivity contribution >= 4 is 33.2 Å². The van der Waals surface area contributed by atoms with E-state index >= 15 is 0 Å². The fourth-order valence-corrected chi connectivity index (χ4v) is 6.16. The summed E-state index contributed by atoms with van der Waals surface area (Å²) in [7, 11) is -3.32. The van der Waals surface area contributed by atoms with Gasteiger partial charge < -0.3 is 0 Å². The number of carbonyl (C=O) groups is 1. The van der Waals surface area contributed by atoms with Crippen molar-refractivity contribution < 1.29 is 13.2 Å². The monoisotopic (exact) mass is 447 g/mol. The van der Waals surface area contributed by atoms with Crippen molar-refractivity contribution in [2.75, 3.05) is 17.2 Å². The summed E-state index contributed by atoms with van der Waals surface area (Å²) in [6.07, 6.45) is 5.95. The van der Waals surface area contributed by atoms with Gasteiger partial charge in [-0.3, -0.25) is 14.7 Å². The van der Waals surface area contributed by atoms with Gasteiger partial charge in [0.15, 0.2) is 0 Å². The standard InChI is InChI=1S/C22H26ClN3O3S/c1-4-30(28,29)25-10-6-5-7-20(25)15-11-17(14-24-13-15)26-21(27)18-9-8-16(23)12-19(18)22(26,2)3/h8-9,11-14,20H,4-7,10H2,1-3H3. The van der Waals surface area contributed by atoms with Crippen LogP contribution in [-0.2, 0) is 15.6 Å². The molecule has 160 valence electrons. The number of nitrogens with zero attached hydrogens (tertiary/aromatic N) is 3. The molecule has 1 aromatic carbocycles. The molecule has 3 heterocycles. The second kappa shape index (κ2) is 7.62. The van der Waals surface area contributed by atoms with Crippen molar-refractivity contribution in [1.29, 1.82) is 0 Å². The number of hydrogen-bond acceptors (Lipinski definition) is 4. The minimum atomic E-state index is -3.32. The summed E-state index contributed by atoms with van der Waals surface area (Å²) < 4.78 is 26.9. The highest BCUT2D eigenvalue weighted by molar-refractivity contribution is 7.89. The number of rotatable bonds is 4. The molecule has 6 nitrogen and oxygen atoms in total. The predicted octanol–water partition coefficient (Wildman–Crippen LogP) is 4.51. The molecular formula is C22H26ClN3O3S. The lowest BCUT2D eigenvalue weighted by Gasteiger charge is -2.36. The van der Waals surface area contributed by atoms with Crippen LogP contribution < -0.4 is 4.90 Å². The molecule has 0 aliphatic carbocycles. The zero-order valence-electron chi connectivity index (χ0n) is 17.4. The number of pyridine rings is 1. The molecule has 0 radical (unpaired) electrons. The fraction of sp³-hybridized carbons (Fsp3) is 0.455. The third-order valence-corrected chi connectivity index (χ3v) is 8.31. The number of amides is 1. The lowest BCUT2D eigenvalue weighted by molar-refractivity contribution is 0.0982. The number of carbonyl (C=O) groups excluding carboxylic acids is 1. The van der Waals surface area contributed by atoms with Gasteiger partial charge >= 0.3 is 0 Å². The molecule has 1 aromatic heterocycles. The average molecular weight is 448 g/mol. The van der Waals surface area contributed by atoms with E-state index in [0.29, 0.717) is 22.8 Å². The quantitative estimate of drug-likeness (QED) is 0.691. The maximum absolute atomic E-state index is 13.2. The third kappa shape index (κ3) is 3.43. The van der Waals surface area contributed by atoms with Gasteiger partial charge in [0.05, 0.1) is 29.2 Å². The van der Waals surface area contributed by atoms with E-state index in [1.54, 1.807) is 40.7 Å². The zero-order valence-corrected chi connectivity index (χ0v) is 19.0. The number of piperidine rings is 1. The first kappa shape index (κ1) is 21.3. The molecule has 1 fully saturated rings. The van der Waals surface area contributed by atoms with Crippen LogP contribution in [0.15, 0.2) is 36.7 Å². The fourth-order valence-electron chi connectivity index (χ4n) is 4.63. The van der Waals surface area contributed by atoms with E-state index in [2.05, 4.69) is 4.98 Å². The summed E-state index contributed by atoms with van der Waals surface area (Å²) in [5.41, 5.74) is 2.39. The van der Waals surface area contributed by atoms with E-state index < -0.39 is 15.6 Å². The van der Waals surface area contributed by atoms with Gasteiger partial charge in [-0.25, -0.2) is 8.42 Å².